The summed E-state index contributed by atoms with van der Waals surface area (Å²) in [7, 11) is 0. The first-order valence-electron chi connectivity index (χ1n) is 11.3. The minimum atomic E-state index is -0.131. The fraction of sp³-hybridized carbons (Fsp3) is 0.760. The van der Waals surface area contributed by atoms with Gasteiger partial charge in [-0.25, -0.2) is 0 Å². The first-order chi connectivity index (χ1) is 12.6. The molecule has 3 aliphatic rings. The van der Waals surface area contributed by atoms with Crippen LogP contribution < -0.4 is 0 Å². The summed E-state index contributed by atoms with van der Waals surface area (Å²) in [5, 5.41) is 11.4. The standard InChI is InChI=1S/C25H40O/c1-19(2)23-16-10-9-11-20(17-23)18-24(26)25(21-12-5-3-6-13-21)22-14-7-4-8-15-22/h3,5,7,14,20-26H,1,4,6,8-13,15-18H2,2H3. The number of aliphatic hydroxyl groups excluding tert-OH is 1. The van der Waals surface area contributed by atoms with E-state index in [1.165, 1.54) is 76.2 Å². The van der Waals surface area contributed by atoms with Crippen molar-refractivity contribution in [3.63, 3.8) is 0 Å². The lowest BCUT2D eigenvalue weighted by atomic mass is 9.68. The van der Waals surface area contributed by atoms with Crippen molar-refractivity contribution in [3.05, 3.63) is 36.5 Å². The van der Waals surface area contributed by atoms with Gasteiger partial charge in [-0.2, -0.15) is 0 Å². The zero-order valence-corrected chi connectivity index (χ0v) is 16.9. The highest BCUT2D eigenvalue weighted by Crippen LogP contribution is 2.41. The van der Waals surface area contributed by atoms with Gasteiger partial charge in [0.1, 0.15) is 0 Å². The van der Waals surface area contributed by atoms with Crippen LogP contribution in [0.2, 0.25) is 0 Å². The average molecular weight is 357 g/mol. The molecule has 1 N–H and O–H groups in total. The van der Waals surface area contributed by atoms with Crippen LogP contribution in [-0.4, -0.2) is 11.2 Å². The first-order valence-corrected chi connectivity index (χ1v) is 11.3. The van der Waals surface area contributed by atoms with Gasteiger partial charge in [0.2, 0.25) is 0 Å². The van der Waals surface area contributed by atoms with E-state index in [2.05, 4.69) is 37.8 Å². The molecule has 6 atom stereocenters. The van der Waals surface area contributed by atoms with Crippen molar-refractivity contribution in [3.8, 4) is 0 Å². The molecule has 1 heteroatoms. The smallest absolute Gasteiger partial charge is 0.0579 e. The number of hydrogen-bond donors (Lipinski definition) is 1. The van der Waals surface area contributed by atoms with E-state index in [9.17, 15) is 5.11 Å². The SMILES string of the molecule is C=C(C)C1CCCCC(CC(O)C(C2C=CCCC2)C2CC=CCC2)C1. The molecule has 0 saturated heterocycles. The molecular formula is C25H40O. The van der Waals surface area contributed by atoms with E-state index >= 15 is 0 Å². The molecule has 0 aromatic rings. The van der Waals surface area contributed by atoms with Crippen molar-refractivity contribution in [2.45, 2.75) is 90.1 Å². The lowest BCUT2D eigenvalue weighted by molar-refractivity contribution is 0.0191. The molecule has 1 fully saturated rings. The van der Waals surface area contributed by atoms with Crippen LogP contribution in [0, 0.1) is 29.6 Å². The molecule has 0 aliphatic heterocycles. The van der Waals surface area contributed by atoms with Gasteiger partial charge in [-0.15, -0.1) is 0 Å². The van der Waals surface area contributed by atoms with Crippen molar-refractivity contribution >= 4 is 0 Å². The molecule has 26 heavy (non-hydrogen) atoms. The van der Waals surface area contributed by atoms with Crippen LogP contribution in [0.5, 0.6) is 0 Å². The maximum absolute atomic E-state index is 11.4. The third kappa shape index (κ3) is 5.35. The monoisotopic (exact) mass is 356 g/mol. The lowest BCUT2D eigenvalue weighted by Crippen LogP contribution is -2.36. The fourth-order valence-electron chi connectivity index (χ4n) is 5.90. The largest absolute Gasteiger partial charge is 0.393 e. The Balaban J connectivity index is 1.68. The molecule has 3 rings (SSSR count). The van der Waals surface area contributed by atoms with Gasteiger partial charge in [0.25, 0.3) is 0 Å². The average Bonchev–Trinajstić information content (AvgIpc) is 2.89. The molecule has 0 bridgehead atoms. The van der Waals surface area contributed by atoms with Gasteiger partial charge < -0.3 is 5.11 Å². The Bertz CT molecular complexity index is 502. The van der Waals surface area contributed by atoms with Crippen molar-refractivity contribution in [1.82, 2.24) is 0 Å². The molecule has 6 unspecified atom stereocenters. The van der Waals surface area contributed by atoms with E-state index in [0.717, 1.165) is 6.42 Å². The maximum atomic E-state index is 11.4. The molecule has 0 heterocycles. The van der Waals surface area contributed by atoms with E-state index in [1.807, 2.05) is 0 Å². The lowest BCUT2D eigenvalue weighted by Gasteiger charge is -2.39. The second kappa shape index (κ2) is 9.93. The molecule has 0 aromatic heterocycles. The van der Waals surface area contributed by atoms with E-state index in [-0.39, 0.29) is 6.10 Å². The highest BCUT2D eigenvalue weighted by Gasteiger charge is 2.35. The summed E-state index contributed by atoms with van der Waals surface area (Å²) in [4.78, 5) is 0. The van der Waals surface area contributed by atoms with Gasteiger partial charge in [-0.05, 0) is 94.3 Å². The Labute approximate surface area is 161 Å². The Morgan fingerprint density at radius 2 is 1.88 bits per heavy atom. The maximum Gasteiger partial charge on any atom is 0.0579 e. The Hall–Kier alpha value is -0.820. The molecular weight excluding hydrogens is 316 g/mol. The number of hydrogen-bond acceptors (Lipinski definition) is 1. The summed E-state index contributed by atoms with van der Waals surface area (Å²) in [6.07, 6.45) is 24.4. The summed E-state index contributed by atoms with van der Waals surface area (Å²) in [5.74, 6) is 3.09. The second-order valence-electron chi connectivity index (χ2n) is 9.38. The summed E-state index contributed by atoms with van der Waals surface area (Å²) in [6, 6.07) is 0. The van der Waals surface area contributed by atoms with Gasteiger partial charge in [-0.1, -0.05) is 55.7 Å². The van der Waals surface area contributed by atoms with Gasteiger partial charge in [0.15, 0.2) is 0 Å². The predicted octanol–water partition coefficient (Wildman–Crippen LogP) is 6.84. The zero-order valence-electron chi connectivity index (χ0n) is 16.9. The number of aliphatic hydroxyl groups is 1. The minimum absolute atomic E-state index is 0.131. The quantitative estimate of drug-likeness (QED) is 0.408. The molecule has 0 aromatic carbocycles. The first kappa shape index (κ1) is 19.9. The topological polar surface area (TPSA) is 20.2 Å². The molecule has 1 nitrogen and oxygen atoms in total. The zero-order chi connectivity index (χ0) is 18.4. The highest BCUT2D eigenvalue weighted by molar-refractivity contribution is 5.03. The van der Waals surface area contributed by atoms with Crippen LogP contribution in [0.4, 0.5) is 0 Å². The van der Waals surface area contributed by atoms with Gasteiger partial charge >= 0.3 is 0 Å². The Morgan fingerprint density at radius 1 is 1.04 bits per heavy atom. The van der Waals surface area contributed by atoms with E-state index in [0.29, 0.717) is 29.6 Å². The molecule has 3 aliphatic carbocycles. The van der Waals surface area contributed by atoms with Crippen LogP contribution in [0.25, 0.3) is 0 Å². The van der Waals surface area contributed by atoms with Crippen molar-refractivity contribution < 1.29 is 5.11 Å². The predicted molar refractivity (Wildman–Crippen MR) is 112 cm³/mol. The van der Waals surface area contributed by atoms with Gasteiger partial charge in [0.05, 0.1) is 6.10 Å². The number of rotatable bonds is 6. The Morgan fingerprint density at radius 3 is 2.58 bits per heavy atom. The molecule has 0 amide bonds. The molecule has 0 radical (unpaired) electrons. The van der Waals surface area contributed by atoms with E-state index in [1.54, 1.807) is 0 Å². The third-order valence-corrected chi connectivity index (χ3v) is 7.39. The summed E-state index contributed by atoms with van der Waals surface area (Å²) < 4.78 is 0. The normalized spacial score (nSPS) is 34.8. The number of allylic oxidation sites excluding steroid dienone is 5. The van der Waals surface area contributed by atoms with Crippen LogP contribution in [0.1, 0.15) is 84.0 Å². The summed E-state index contributed by atoms with van der Waals surface area (Å²) >= 11 is 0. The van der Waals surface area contributed by atoms with Crippen LogP contribution in [0.3, 0.4) is 0 Å². The van der Waals surface area contributed by atoms with Crippen LogP contribution in [-0.2, 0) is 0 Å². The van der Waals surface area contributed by atoms with Crippen molar-refractivity contribution in [1.29, 1.82) is 0 Å². The van der Waals surface area contributed by atoms with E-state index in [4.69, 9.17) is 0 Å². The summed E-state index contributed by atoms with van der Waals surface area (Å²) in [5.41, 5.74) is 1.36. The van der Waals surface area contributed by atoms with Gasteiger partial charge in [0, 0.05) is 0 Å². The second-order valence-corrected chi connectivity index (χ2v) is 9.38. The van der Waals surface area contributed by atoms with E-state index < -0.39 is 0 Å². The summed E-state index contributed by atoms with van der Waals surface area (Å²) in [6.45, 7) is 6.44. The fourth-order valence-corrected chi connectivity index (χ4v) is 5.90. The molecule has 0 spiro atoms. The van der Waals surface area contributed by atoms with Gasteiger partial charge in [-0.3, -0.25) is 0 Å². The third-order valence-electron chi connectivity index (χ3n) is 7.39. The van der Waals surface area contributed by atoms with Crippen LogP contribution >= 0.6 is 0 Å². The van der Waals surface area contributed by atoms with Crippen molar-refractivity contribution in [2.24, 2.45) is 29.6 Å². The minimum Gasteiger partial charge on any atom is -0.393 e. The molecule has 1 saturated carbocycles. The highest BCUT2D eigenvalue weighted by atomic mass is 16.3. The Kier molecular flexibility index (Phi) is 7.61. The molecule has 146 valence electrons. The van der Waals surface area contributed by atoms with Crippen molar-refractivity contribution in [2.75, 3.05) is 0 Å². The van der Waals surface area contributed by atoms with Crippen LogP contribution in [0.15, 0.2) is 36.5 Å².